The van der Waals surface area contributed by atoms with Crippen molar-refractivity contribution in [2.45, 2.75) is 64.5 Å². The number of benzene rings is 1. The van der Waals surface area contributed by atoms with E-state index in [1.165, 1.54) is 12.1 Å². The second kappa shape index (κ2) is 7.67. The lowest BCUT2D eigenvalue weighted by Crippen LogP contribution is -2.60. The molecule has 3 aliphatic carbocycles. The predicted octanol–water partition coefficient (Wildman–Crippen LogP) is 4.33. The number of nitro benzene ring substituents is 1. The fraction of sp³-hybridized carbons (Fsp3) is 0.615. The smallest absolute Gasteiger partial charge is 0.270 e. The molecule has 1 aliphatic heterocycles. The van der Waals surface area contributed by atoms with Crippen molar-refractivity contribution in [1.29, 1.82) is 0 Å². The van der Waals surface area contributed by atoms with E-state index in [4.69, 9.17) is 0 Å². The molecule has 0 aromatic heterocycles. The minimum absolute atomic E-state index is 0.0111. The number of fused-ring (bicyclic) bond motifs is 5. The fourth-order valence-electron chi connectivity index (χ4n) is 7.98. The van der Waals surface area contributed by atoms with E-state index in [0.717, 1.165) is 38.5 Å². The molecule has 176 valence electrons. The third-order valence-corrected chi connectivity index (χ3v) is 9.75. The van der Waals surface area contributed by atoms with Crippen LogP contribution in [-0.4, -0.2) is 40.8 Å². The number of likely N-dealkylation sites (N-methyl/N-ethyl adjacent to an activating group) is 1. The first kappa shape index (κ1) is 22.1. The molecule has 1 aromatic rings. The van der Waals surface area contributed by atoms with Crippen LogP contribution >= 0.6 is 0 Å². The Morgan fingerprint density at radius 2 is 1.94 bits per heavy atom. The molecule has 7 nitrogen and oxygen atoms in total. The molecule has 3 fully saturated rings. The zero-order chi connectivity index (χ0) is 23.5. The molecule has 0 saturated heterocycles. The van der Waals surface area contributed by atoms with Crippen LogP contribution in [0.2, 0.25) is 0 Å². The van der Waals surface area contributed by atoms with Crippen LogP contribution in [0.1, 0.15) is 62.7 Å². The molecule has 1 heterocycles. The van der Waals surface area contributed by atoms with Gasteiger partial charge in [0.15, 0.2) is 0 Å². The average molecular weight is 452 g/mol. The van der Waals surface area contributed by atoms with E-state index in [9.17, 15) is 19.7 Å². The van der Waals surface area contributed by atoms with Gasteiger partial charge in [0, 0.05) is 42.2 Å². The summed E-state index contributed by atoms with van der Waals surface area (Å²) in [6, 6.07) is 6.32. The molecular weight excluding hydrogens is 418 g/mol. The van der Waals surface area contributed by atoms with Gasteiger partial charge in [0.2, 0.25) is 5.91 Å². The SMILES string of the molecule is CN1C(=O)C=C[C@]2(C)[C@H]3CC[C@]4(C)C(NC(=O)c5cccc([N+](=O)[O-])c5)CC[C@H]4[C@@H]3CC[C@@H]12. The summed E-state index contributed by atoms with van der Waals surface area (Å²) in [6.07, 6.45) is 10.3. The van der Waals surface area contributed by atoms with Gasteiger partial charge in [0.1, 0.15) is 0 Å². The quantitative estimate of drug-likeness (QED) is 0.547. The Labute approximate surface area is 194 Å². The highest BCUT2D eigenvalue weighted by Gasteiger charge is 2.60. The predicted molar refractivity (Wildman–Crippen MR) is 124 cm³/mol. The Morgan fingerprint density at radius 1 is 1.15 bits per heavy atom. The third-order valence-electron chi connectivity index (χ3n) is 9.75. The minimum atomic E-state index is -0.466. The van der Waals surface area contributed by atoms with Gasteiger partial charge in [-0.05, 0) is 73.8 Å². The molecule has 2 amide bonds. The summed E-state index contributed by atoms with van der Waals surface area (Å²) in [7, 11) is 1.94. The van der Waals surface area contributed by atoms with E-state index in [-0.39, 0.29) is 40.4 Å². The zero-order valence-electron chi connectivity index (χ0n) is 19.6. The van der Waals surface area contributed by atoms with Crippen LogP contribution < -0.4 is 5.32 Å². The lowest BCUT2D eigenvalue weighted by atomic mass is 9.48. The third kappa shape index (κ3) is 3.30. The van der Waals surface area contributed by atoms with Crippen LogP contribution in [0.4, 0.5) is 5.69 Å². The summed E-state index contributed by atoms with van der Waals surface area (Å²) in [5, 5.41) is 14.4. The number of nitrogens with zero attached hydrogens (tertiary/aromatic N) is 2. The molecule has 7 atom stereocenters. The van der Waals surface area contributed by atoms with Gasteiger partial charge < -0.3 is 10.2 Å². The molecule has 33 heavy (non-hydrogen) atoms. The van der Waals surface area contributed by atoms with Crippen molar-refractivity contribution in [2.24, 2.45) is 28.6 Å². The van der Waals surface area contributed by atoms with Crippen LogP contribution in [0.5, 0.6) is 0 Å². The highest BCUT2D eigenvalue weighted by Crippen LogP contribution is 2.63. The maximum Gasteiger partial charge on any atom is 0.270 e. The fourth-order valence-corrected chi connectivity index (χ4v) is 7.98. The highest BCUT2D eigenvalue weighted by atomic mass is 16.6. The Kier molecular flexibility index (Phi) is 5.14. The monoisotopic (exact) mass is 451 g/mol. The molecule has 0 bridgehead atoms. The minimum Gasteiger partial charge on any atom is -0.349 e. The van der Waals surface area contributed by atoms with Crippen molar-refractivity contribution in [3.05, 3.63) is 52.1 Å². The Morgan fingerprint density at radius 3 is 2.70 bits per heavy atom. The van der Waals surface area contributed by atoms with E-state index < -0.39 is 4.92 Å². The number of amides is 2. The second-order valence-electron chi connectivity index (χ2n) is 11.1. The van der Waals surface area contributed by atoms with Crippen LogP contribution in [0.3, 0.4) is 0 Å². The van der Waals surface area contributed by atoms with Gasteiger partial charge in [0.25, 0.3) is 11.6 Å². The highest BCUT2D eigenvalue weighted by molar-refractivity contribution is 5.95. The molecule has 5 rings (SSSR count). The summed E-state index contributed by atoms with van der Waals surface area (Å²) >= 11 is 0. The largest absolute Gasteiger partial charge is 0.349 e. The van der Waals surface area contributed by atoms with E-state index >= 15 is 0 Å². The average Bonchev–Trinajstić information content (AvgIpc) is 3.13. The van der Waals surface area contributed by atoms with Crippen molar-refractivity contribution in [3.8, 4) is 0 Å². The second-order valence-corrected chi connectivity index (χ2v) is 11.1. The van der Waals surface area contributed by atoms with Gasteiger partial charge in [-0.2, -0.15) is 0 Å². The molecule has 3 saturated carbocycles. The number of carbonyl (C=O) groups is 2. The van der Waals surface area contributed by atoms with E-state index in [0.29, 0.717) is 23.3 Å². The molecular formula is C26H33N3O4. The number of hydrogen-bond donors (Lipinski definition) is 1. The molecule has 4 aliphatic rings. The van der Waals surface area contributed by atoms with Gasteiger partial charge >= 0.3 is 0 Å². The number of rotatable bonds is 3. The molecule has 1 unspecified atom stereocenters. The Hall–Kier alpha value is -2.70. The van der Waals surface area contributed by atoms with Gasteiger partial charge in [-0.15, -0.1) is 0 Å². The molecule has 1 N–H and O–H groups in total. The number of non-ortho nitro benzene ring substituents is 1. The van der Waals surface area contributed by atoms with E-state index in [1.807, 2.05) is 11.9 Å². The van der Waals surface area contributed by atoms with Crippen molar-refractivity contribution in [3.63, 3.8) is 0 Å². The van der Waals surface area contributed by atoms with Gasteiger partial charge in [-0.25, -0.2) is 0 Å². The molecule has 7 heteroatoms. The number of hydrogen-bond acceptors (Lipinski definition) is 4. The zero-order valence-corrected chi connectivity index (χ0v) is 19.6. The molecule has 1 aromatic carbocycles. The maximum atomic E-state index is 13.0. The first-order chi connectivity index (χ1) is 15.6. The van der Waals surface area contributed by atoms with Crippen LogP contribution in [0.25, 0.3) is 0 Å². The lowest BCUT2D eigenvalue weighted by Gasteiger charge is -2.60. The lowest BCUT2D eigenvalue weighted by molar-refractivity contribution is -0.384. The number of nitrogens with one attached hydrogen (secondary N) is 1. The first-order valence-corrected chi connectivity index (χ1v) is 12.2. The molecule has 0 spiro atoms. The van der Waals surface area contributed by atoms with Crippen molar-refractivity contribution in [1.82, 2.24) is 10.2 Å². The summed E-state index contributed by atoms with van der Waals surface area (Å²) in [5.41, 5.74) is 0.323. The van der Waals surface area contributed by atoms with Gasteiger partial charge in [0.05, 0.1) is 4.92 Å². The summed E-state index contributed by atoms with van der Waals surface area (Å²) in [5.74, 6) is 1.57. The van der Waals surface area contributed by atoms with Crippen LogP contribution in [-0.2, 0) is 4.79 Å². The van der Waals surface area contributed by atoms with E-state index in [1.54, 1.807) is 18.2 Å². The van der Waals surface area contributed by atoms with Gasteiger partial charge in [-0.1, -0.05) is 26.0 Å². The standard InChI is InChI=1S/C26H33N3O4/c1-25-13-11-20-18(7-10-22-26(20,2)14-12-23(30)28(22)3)19(25)8-9-21(25)27-24(31)16-5-4-6-17(15-16)29(32)33/h4-6,12,14-15,18-22H,7-11,13H2,1-3H3,(H,27,31)/t18-,19-,20-,21?,22+,25-,26+/m0/s1. The number of nitro groups is 1. The number of carbonyl (C=O) groups excluding carboxylic acids is 2. The Balaban J connectivity index is 1.35. The summed E-state index contributed by atoms with van der Waals surface area (Å²) < 4.78 is 0. The van der Waals surface area contributed by atoms with Crippen LogP contribution in [0.15, 0.2) is 36.4 Å². The van der Waals surface area contributed by atoms with Crippen molar-refractivity contribution < 1.29 is 14.5 Å². The maximum absolute atomic E-state index is 13.0. The molecule has 0 radical (unpaired) electrons. The van der Waals surface area contributed by atoms with Crippen LogP contribution in [0, 0.1) is 38.7 Å². The van der Waals surface area contributed by atoms with Gasteiger partial charge in [-0.3, -0.25) is 19.7 Å². The first-order valence-electron chi connectivity index (χ1n) is 12.2. The topological polar surface area (TPSA) is 92.6 Å². The van der Waals surface area contributed by atoms with E-state index in [2.05, 4.69) is 25.2 Å². The Bertz CT molecular complexity index is 1040. The summed E-state index contributed by atoms with van der Waals surface area (Å²) in [4.78, 5) is 37.9. The normalized spacial score (nSPS) is 39.4. The van der Waals surface area contributed by atoms with Crippen molar-refractivity contribution >= 4 is 17.5 Å². The van der Waals surface area contributed by atoms with Crippen molar-refractivity contribution in [2.75, 3.05) is 7.05 Å². The summed E-state index contributed by atoms with van der Waals surface area (Å²) in [6.45, 7) is 4.67.